The van der Waals surface area contributed by atoms with E-state index in [1.807, 2.05) is 4.90 Å². The van der Waals surface area contributed by atoms with E-state index in [2.05, 4.69) is 11.6 Å². The van der Waals surface area contributed by atoms with Crippen molar-refractivity contribution < 1.29 is 13.2 Å². The molecule has 1 unspecified atom stereocenters. The van der Waals surface area contributed by atoms with Crippen molar-refractivity contribution in [2.45, 2.75) is 13.0 Å². The summed E-state index contributed by atoms with van der Waals surface area (Å²) in [5.41, 5.74) is 7.99. The lowest BCUT2D eigenvalue weighted by molar-refractivity contribution is 0.583. The van der Waals surface area contributed by atoms with E-state index in [-0.39, 0.29) is 17.5 Å². The van der Waals surface area contributed by atoms with Crippen molar-refractivity contribution in [1.29, 1.82) is 0 Å². The van der Waals surface area contributed by atoms with Crippen molar-refractivity contribution in [3.8, 4) is 0 Å². The summed E-state index contributed by atoms with van der Waals surface area (Å²) in [6.07, 6.45) is 1.69. The molecule has 1 saturated heterocycles. The highest BCUT2D eigenvalue weighted by Crippen LogP contribution is 2.47. The van der Waals surface area contributed by atoms with Gasteiger partial charge in [0.2, 0.25) is 0 Å². The van der Waals surface area contributed by atoms with Crippen LogP contribution in [0.15, 0.2) is 42.6 Å². The van der Waals surface area contributed by atoms with Crippen LogP contribution in [0.25, 0.3) is 5.57 Å². The number of aromatic nitrogens is 1. The second-order valence-electron chi connectivity index (χ2n) is 7.73. The Kier molecular flexibility index (Phi) is 3.61. The van der Waals surface area contributed by atoms with Crippen LogP contribution in [0.4, 0.5) is 30.5 Å². The maximum absolute atomic E-state index is 14.9. The number of piperidine rings is 1. The van der Waals surface area contributed by atoms with Gasteiger partial charge in [-0.3, -0.25) is 4.90 Å². The topological polar surface area (TPSA) is 45.4 Å². The van der Waals surface area contributed by atoms with E-state index in [9.17, 15) is 13.2 Å². The van der Waals surface area contributed by atoms with Crippen LogP contribution in [0.2, 0.25) is 0 Å². The SMILES string of the molecule is C=C1C(C)=CN(c2ccc(F)cc2F)c2nc(N3C[C@@H]4C(N)[C@@H]4C3)c(F)cc21. The number of rotatable bonds is 2. The molecule has 1 aromatic heterocycles. The third-order valence-corrected chi connectivity index (χ3v) is 6.02. The molecule has 0 bridgehead atoms. The van der Waals surface area contributed by atoms with Crippen LogP contribution in [0.3, 0.4) is 0 Å². The maximum Gasteiger partial charge on any atom is 0.167 e. The standard InChI is InChI=1S/C21H19F3N4/c1-10-7-28(18-4-3-12(22)5-16(18)23)20-13(11(10)2)6-17(24)21(26-20)27-8-14-15(9-27)19(14)25/h3-7,14-15,19H,2,8-9,25H2,1H3/t14-,15+,19?. The molecule has 0 amide bonds. The highest BCUT2D eigenvalue weighted by Gasteiger charge is 2.54. The lowest BCUT2D eigenvalue weighted by Crippen LogP contribution is -2.30. The minimum absolute atomic E-state index is 0.144. The molecule has 2 N–H and O–H groups in total. The number of nitrogens with zero attached hydrogens (tertiary/aromatic N) is 3. The summed E-state index contributed by atoms with van der Waals surface area (Å²) < 4.78 is 42.7. The number of nitrogens with two attached hydrogens (primary N) is 1. The molecule has 3 heterocycles. The predicted octanol–water partition coefficient (Wildman–Crippen LogP) is 3.96. The lowest BCUT2D eigenvalue weighted by Gasteiger charge is -2.31. The number of fused-ring (bicyclic) bond motifs is 2. The van der Waals surface area contributed by atoms with E-state index < -0.39 is 17.5 Å². The molecular weight excluding hydrogens is 365 g/mol. The zero-order valence-electron chi connectivity index (χ0n) is 15.3. The molecule has 2 fully saturated rings. The third kappa shape index (κ3) is 2.46. The molecular formula is C21H19F3N4. The number of pyridine rings is 1. The molecule has 2 aromatic rings. The Morgan fingerprint density at radius 3 is 2.46 bits per heavy atom. The predicted molar refractivity (Wildman–Crippen MR) is 103 cm³/mol. The first-order valence-corrected chi connectivity index (χ1v) is 9.18. The van der Waals surface area contributed by atoms with Gasteiger partial charge in [-0.05, 0) is 48.1 Å². The Morgan fingerprint density at radius 1 is 1.07 bits per heavy atom. The van der Waals surface area contributed by atoms with E-state index in [0.29, 0.717) is 41.9 Å². The van der Waals surface area contributed by atoms with Crippen LogP contribution in [-0.2, 0) is 0 Å². The number of allylic oxidation sites excluding steroid dienone is 2. The van der Waals surface area contributed by atoms with Gasteiger partial charge in [-0.25, -0.2) is 18.2 Å². The highest BCUT2D eigenvalue weighted by molar-refractivity contribution is 5.90. The van der Waals surface area contributed by atoms with E-state index in [4.69, 9.17) is 5.73 Å². The van der Waals surface area contributed by atoms with Gasteiger partial charge < -0.3 is 10.6 Å². The molecule has 28 heavy (non-hydrogen) atoms. The zero-order valence-corrected chi connectivity index (χ0v) is 15.3. The Bertz CT molecular complexity index is 1040. The summed E-state index contributed by atoms with van der Waals surface area (Å²) in [7, 11) is 0. The van der Waals surface area contributed by atoms with Gasteiger partial charge in [-0.1, -0.05) is 6.58 Å². The Hall–Kier alpha value is -2.80. The summed E-state index contributed by atoms with van der Waals surface area (Å²) in [5, 5.41) is 0. The minimum Gasteiger partial charge on any atom is -0.353 e. The highest BCUT2D eigenvalue weighted by atomic mass is 19.1. The van der Waals surface area contributed by atoms with E-state index in [1.54, 1.807) is 13.1 Å². The summed E-state index contributed by atoms with van der Waals surface area (Å²) in [6.45, 7) is 7.14. The lowest BCUT2D eigenvalue weighted by atomic mass is 9.97. The molecule has 0 spiro atoms. The average Bonchev–Trinajstić information content (AvgIpc) is 3.04. The minimum atomic E-state index is -0.719. The number of hydrogen-bond acceptors (Lipinski definition) is 4. The van der Waals surface area contributed by atoms with Gasteiger partial charge in [0.15, 0.2) is 11.6 Å². The van der Waals surface area contributed by atoms with Crippen LogP contribution in [0.1, 0.15) is 12.5 Å². The van der Waals surface area contributed by atoms with Gasteiger partial charge >= 0.3 is 0 Å². The van der Waals surface area contributed by atoms with Crippen LogP contribution in [0.5, 0.6) is 0 Å². The van der Waals surface area contributed by atoms with E-state index in [0.717, 1.165) is 11.6 Å². The van der Waals surface area contributed by atoms with Crippen LogP contribution >= 0.6 is 0 Å². The van der Waals surface area contributed by atoms with Gasteiger partial charge in [0.05, 0.1) is 5.69 Å². The molecule has 7 heteroatoms. The Morgan fingerprint density at radius 2 is 1.79 bits per heavy atom. The summed E-state index contributed by atoms with van der Waals surface area (Å²) in [6, 6.07) is 4.94. The van der Waals surface area contributed by atoms with Crippen molar-refractivity contribution in [3.63, 3.8) is 0 Å². The summed E-state index contributed by atoms with van der Waals surface area (Å²) >= 11 is 0. The van der Waals surface area contributed by atoms with Crippen molar-refractivity contribution in [2.24, 2.45) is 17.6 Å². The zero-order chi connectivity index (χ0) is 19.7. The molecule has 4 nitrogen and oxygen atoms in total. The van der Waals surface area contributed by atoms with Gasteiger partial charge in [0, 0.05) is 37.0 Å². The molecule has 2 aliphatic heterocycles. The second-order valence-corrected chi connectivity index (χ2v) is 7.73. The van der Waals surface area contributed by atoms with Crippen molar-refractivity contribution >= 4 is 22.9 Å². The third-order valence-electron chi connectivity index (χ3n) is 6.02. The molecule has 5 rings (SSSR count). The first kappa shape index (κ1) is 17.3. The molecule has 3 aliphatic rings. The first-order chi connectivity index (χ1) is 13.3. The summed E-state index contributed by atoms with van der Waals surface area (Å²) in [4.78, 5) is 7.97. The van der Waals surface area contributed by atoms with Crippen molar-refractivity contribution in [3.05, 3.63) is 65.6 Å². The fourth-order valence-corrected chi connectivity index (χ4v) is 4.25. The Labute approximate surface area is 160 Å². The summed E-state index contributed by atoms with van der Waals surface area (Å²) in [5.74, 6) is -0.467. The van der Waals surface area contributed by atoms with E-state index >= 15 is 0 Å². The first-order valence-electron chi connectivity index (χ1n) is 9.18. The Balaban J connectivity index is 1.62. The monoisotopic (exact) mass is 384 g/mol. The largest absolute Gasteiger partial charge is 0.353 e. The second kappa shape index (κ2) is 5.85. The number of hydrogen-bond donors (Lipinski definition) is 1. The smallest absolute Gasteiger partial charge is 0.167 e. The van der Waals surface area contributed by atoms with E-state index in [1.165, 1.54) is 23.1 Å². The maximum atomic E-state index is 14.9. The molecule has 0 radical (unpaired) electrons. The van der Waals surface area contributed by atoms with Crippen molar-refractivity contribution in [1.82, 2.24) is 4.98 Å². The molecule has 1 saturated carbocycles. The van der Waals surface area contributed by atoms with Crippen LogP contribution in [-0.4, -0.2) is 24.1 Å². The molecule has 1 aliphatic carbocycles. The number of benzene rings is 1. The number of anilines is 3. The molecule has 144 valence electrons. The van der Waals surface area contributed by atoms with Gasteiger partial charge in [-0.2, -0.15) is 0 Å². The fraction of sp³-hybridized carbons (Fsp3) is 0.286. The molecule has 3 atom stereocenters. The quantitative estimate of drug-likeness (QED) is 0.851. The average molecular weight is 384 g/mol. The fourth-order valence-electron chi connectivity index (χ4n) is 4.25. The van der Waals surface area contributed by atoms with Crippen LogP contribution in [0, 0.1) is 29.3 Å². The number of halogens is 3. The molecule has 1 aromatic carbocycles. The van der Waals surface area contributed by atoms with Crippen molar-refractivity contribution in [2.75, 3.05) is 22.9 Å². The van der Waals surface area contributed by atoms with Gasteiger partial charge in [0.1, 0.15) is 17.5 Å². The normalized spacial score (nSPS) is 25.5. The van der Waals surface area contributed by atoms with Gasteiger partial charge in [-0.15, -0.1) is 0 Å². The van der Waals surface area contributed by atoms with Gasteiger partial charge in [0.25, 0.3) is 0 Å². The van der Waals surface area contributed by atoms with Crippen LogP contribution < -0.4 is 15.5 Å².